The van der Waals surface area contributed by atoms with Crippen LogP contribution in [0.15, 0.2) is 48.5 Å². The summed E-state index contributed by atoms with van der Waals surface area (Å²) < 4.78 is 5.49. The molecule has 2 aliphatic rings. The molecule has 0 N–H and O–H groups in total. The van der Waals surface area contributed by atoms with Crippen molar-refractivity contribution >= 4 is 23.4 Å². The second-order valence-electron chi connectivity index (χ2n) is 7.23. The van der Waals surface area contributed by atoms with Crippen LogP contribution >= 0.6 is 0 Å². The van der Waals surface area contributed by atoms with E-state index in [1.165, 1.54) is 0 Å². The van der Waals surface area contributed by atoms with Crippen LogP contribution in [0, 0.1) is 0 Å². The molecule has 1 saturated heterocycles. The number of fused-ring (bicyclic) bond motifs is 1. The Morgan fingerprint density at radius 2 is 1.69 bits per heavy atom. The van der Waals surface area contributed by atoms with E-state index < -0.39 is 0 Å². The molecule has 0 saturated carbocycles. The van der Waals surface area contributed by atoms with E-state index in [9.17, 15) is 14.4 Å². The Hall–Kier alpha value is -3.35. The number of amides is 3. The molecule has 4 rings (SSSR count). The van der Waals surface area contributed by atoms with Crippen LogP contribution in [0.1, 0.15) is 22.8 Å². The van der Waals surface area contributed by atoms with Crippen LogP contribution in [0.4, 0.5) is 5.69 Å². The van der Waals surface area contributed by atoms with Gasteiger partial charge in [0.15, 0.2) is 6.61 Å². The largest absolute Gasteiger partial charge is 0.482 e. The monoisotopic (exact) mass is 393 g/mol. The number of para-hydroxylation sites is 2. The van der Waals surface area contributed by atoms with Gasteiger partial charge in [-0.05, 0) is 29.8 Å². The molecule has 7 heteroatoms. The van der Waals surface area contributed by atoms with Gasteiger partial charge in [-0.25, -0.2) is 0 Å². The van der Waals surface area contributed by atoms with Gasteiger partial charge in [-0.1, -0.05) is 24.3 Å². The molecule has 3 amide bonds. The smallest absolute Gasteiger partial charge is 0.265 e. The number of carbonyl (C=O) groups is 3. The van der Waals surface area contributed by atoms with Crippen molar-refractivity contribution < 1.29 is 19.1 Å². The van der Waals surface area contributed by atoms with E-state index in [4.69, 9.17) is 4.74 Å². The van der Waals surface area contributed by atoms with Crippen molar-refractivity contribution in [2.75, 3.05) is 37.7 Å². The van der Waals surface area contributed by atoms with E-state index in [0.717, 1.165) is 11.3 Å². The topological polar surface area (TPSA) is 70.2 Å². The highest BCUT2D eigenvalue weighted by Crippen LogP contribution is 2.32. The van der Waals surface area contributed by atoms with E-state index in [0.29, 0.717) is 44.0 Å². The van der Waals surface area contributed by atoms with Crippen LogP contribution in [0.3, 0.4) is 0 Å². The summed E-state index contributed by atoms with van der Waals surface area (Å²) in [6.45, 7) is 4.09. The summed E-state index contributed by atoms with van der Waals surface area (Å²) in [6, 6.07) is 14.8. The number of piperazine rings is 1. The van der Waals surface area contributed by atoms with Crippen molar-refractivity contribution in [2.24, 2.45) is 0 Å². The van der Waals surface area contributed by atoms with Crippen molar-refractivity contribution in [3.8, 4) is 5.75 Å². The SMILES string of the molecule is CC(=O)N1CCN(C(=O)c2cccc(CN3C(=O)COc4ccccc43)c2)CC1. The Morgan fingerprint density at radius 3 is 2.45 bits per heavy atom. The van der Waals surface area contributed by atoms with Crippen LogP contribution in [0.5, 0.6) is 5.75 Å². The minimum Gasteiger partial charge on any atom is -0.482 e. The molecule has 150 valence electrons. The third-order valence-corrected chi connectivity index (χ3v) is 5.34. The highest BCUT2D eigenvalue weighted by atomic mass is 16.5. The number of hydrogen-bond acceptors (Lipinski definition) is 4. The Morgan fingerprint density at radius 1 is 0.966 bits per heavy atom. The average molecular weight is 393 g/mol. The highest BCUT2D eigenvalue weighted by Gasteiger charge is 2.26. The number of rotatable bonds is 3. The van der Waals surface area contributed by atoms with Crippen LogP contribution in [-0.4, -0.2) is 60.3 Å². The normalized spacial score (nSPS) is 16.3. The summed E-state index contributed by atoms with van der Waals surface area (Å²) in [6.07, 6.45) is 0. The number of nitrogens with zero attached hydrogens (tertiary/aromatic N) is 3. The Labute approximate surface area is 169 Å². The minimum atomic E-state index is -0.110. The second kappa shape index (κ2) is 7.95. The zero-order chi connectivity index (χ0) is 20.4. The van der Waals surface area contributed by atoms with Gasteiger partial charge in [0.25, 0.3) is 11.8 Å². The molecule has 0 spiro atoms. The highest BCUT2D eigenvalue weighted by molar-refractivity contribution is 5.98. The predicted molar refractivity (Wildman–Crippen MR) is 108 cm³/mol. The fourth-order valence-corrected chi connectivity index (χ4v) is 3.72. The first-order chi connectivity index (χ1) is 14.0. The van der Waals surface area contributed by atoms with Gasteiger partial charge in [0.2, 0.25) is 5.91 Å². The van der Waals surface area contributed by atoms with Gasteiger partial charge in [-0.2, -0.15) is 0 Å². The lowest BCUT2D eigenvalue weighted by atomic mass is 10.1. The maximum atomic E-state index is 12.9. The summed E-state index contributed by atoms with van der Waals surface area (Å²) in [4.78, 5) is 42.0. The Balaban J connectivity index is 1.49. The molecule has 0 radical (unpaired) electrons. The molecule has 0 aromatic heterocycles. The minimum absolute atomic E-state index is 0.00998. The summed E-state index contributed by atoms with van der Waals surface area (Å²) >= 11 is 0. The van der Waals surface area contributed by atoms with E-state index in [1.54, 1.807) is 27.7 Å². The molecule has 2 aliphatic heterocycles. The van der Waals surface area contributed by atoms with Crippen molar-refractivity contribution in [3.05, 3.63) is 59.7 Å². The molecule has 0 atom stereocenters. The molecule has 0 bridgehead atoms. The zero-order valence-corrected chi connectivity index (χ0v) is 16.3. The summed E-state index contributed by atoms with van der Waals surface area (Å²) in [5.41, 5.74) is 2.21. The molecule has 0 aliphatic carbocycles. The van der Waals surface area contributed by atoms with Gasteiger partial charge in [-0.3, -0.25) is 14.4 Å². The first-order valence-electron chi connectivity index (χ1n) is 9.69. The molecule has 0 unspecified atom stereocenters. The molecule has 7 nitrogen and oxygen atoms in total. The number of carbonyl (C=O) groups excluding carboxylic acids is 3. The summed E-state index contributed by atoms with van der Waals surface area (Å²) in [5, 5.41) is 0. The van der Waals surface area contributed by atoms with Crippen LogP contribution in [0.25, 0.3) is 0 Å². The summed E-state index contributed by atoms with van der Waals surface area (Å²) in [5.74, 6) is 0.557. The number of benzene rings is 2. The lowest BCUT2D eigenvalue weighted by Crippen LogP contribution is -2.50. The van der Waals surface area contributed by atoms with Crippen molar-refractivity contribution in [3.63, 3.8) is 0 Å². The summed E-state index contributed by atoms with van der Waals surface area (Å²) in [7, 11) is 0. The third kappa shape index (κ3) is 3.94. The maximum absolute atomic E-state index is 12.9. The molecule has 1 fully saturated rings. The standard InChI is InChI=1S/C22H23N3O4/c1-16(26)23-9-11-24(12-10-23)22(28)18-6-4-5-17(13-18)14-25-19-7-2-3-8-20(19)29-15-21(25)27/h2-8,13H,9-12,14-15H2,1H3. The van der Waals surface area contributed by atoms with Crippen molar-refractivity contribution in [1.82, 2.24) is 9.80 Å². The van der Waals surface area contributed by atoms with E-state index in [-0.39, 0.29) is 24.3 Å². The van der Waals surface area contributed by atoms with Gasteiger partial charge in [-0.15, -0.1) is 0 Å². The van der Waals surface area contributed by atoms with Gasteiger partial charge in [0.05, 0.1) is 12.2 Å². The fourth-order valence-electron chi connectivity index (χ4n) is 3.72. The van der Waals surface area contributed by atoms with E-state index >= 15 is 0 Å². The predicted octanol–water partition coefficient (Wildman–Crippen LogP) is 1.92. The van der Waals surface area contributed by atoms with Crippen molar-refractivity contribution in [2.45, 2.75) is 13.5 Å². The molecule has 2 aromatic carbocycles. The number of hydrogen-bond donors (Lipinski definition) is 0. The Kier molecular flexibility index (Phi) is 5.20. The van der Waals surface area contributed by atoms with Gasteiger partial charge in [0, 0.05) is 38.7 Å². The quantitative estimate of drug-likeness (QED) is 0.799. The third-order valence-electron chi connectivity index (χ3n) is 5.34. The second-order valence-corrected chi connectivity index (χ2v) is 7.23. The van der Waals surface area contributed by atoms with Gasteiger partial charge >= 0.3 is 0 Å². The first kappa shape index (κ1) is 19.0. The Bertz CT molecular complexity index is 951. The molecular formula is C22H23N3O4. The molecular weight excluding hydrogens is 370 g/mol. The van der Waals surface area contributed by atoms with Gasteiger partial charge < -0.3 is 19.4 Å². The van der Waals surface area contributed by atoms with Crippen LogP contribution in [0.2, 0.25) is 0 Å². The van der Waals surface area contributed by atoms with Crippen LogP contribution < -0.4 is 9.64 Å². The van der Waals surface area contributed by atoms with Crippen LogP contribution in [-0.2, 0) is 16.1 Å². The number of ether oxygens (including phenoxy) is 1. The lowest BCUT2D eigenvalue weighted by molar-refractivity contribution is -0.130. The number of anilines is 1. The molecule has 2 heterocycles. The fraction of sp³-hybridized carbons (Fsp3) is 0.318. The van der Waals surface area contributed by atoms with E-state index in [2.05, 4.69) is 0 Å². The molecule has 2 aromatic rings. The zero-order valence-electron chi connectivity index (χ0n) is 16.3. The lowest BCUT2D eigenvalue weighted by Gasteiger charge is -2.34. The molecule has 29 heavy (non-hydrogen) atoms. The average Bonchev–Trinajstić information content (AvgIpc) is 2.75. The van der Waals surface area contributed by atoms with Gasteiger partial charge in [0.1, 0.15) is 5.75 Å². The maximum Gasteiger partial charge on any atom is 0.265 e. The first-order valence-corrected chi connectivity index (χ1v) is 9.69. The van der Waals surface area contributed by atoms with Crippen molar-refractivity contribution in [1.29, 1.82) is 0 Å². The van der Waals surface area contributed by atoms with E-state index in [1.807, 2.05) is 42.5 Å².